The van der Waals surface area contributed by atoms with Crippen LogP contribution >= 0.6 is 11.3 Å². The summed E-state index contributed by atoms with van der Waals surface area (Å²) < 4.78 is 1.44. The number of carbonyl (C=O) groups excluding carboxylic acids is 1. The molecule has 0 radical (unpaired) electrons. The maximum absolute atomic E-state index is 12.5. The van der Waals surface area contributed by atoms with E-state index in [-0.39, 0.29) is 17.5 Å². The first-order valence-corrected chi connectivity index (χ1v) is 10.4. The van der Waals surface area contributed by atoms with Gasteiger partial charge in [0.1, 0.15) is 0 Å². The lowest BCUT2D eigenvalue weighted by atomic mass is 9.87. The molecule has 0 spiro atoms. The first-order chi connectivity index (χ1) is 13.1. The number of hydrogen-bond acceptors (Lipinski definition) is 4. The van der Waals surface area contributed by atoms with Crippen LogP contribution < -0.4 is 10.9 Å². The number of carbonyl (C=O) groups is 1. The lowest BCUT2D eigenvalue weighted by Crippen LogP contribution is -2.30. The van der Waals surface area contributed by atoms with Crippen LogP contribution in [0.1, 0.15) is 57.2 Å². The molecule has 142 valence electrons. The Labute approximate surface area is 161 Å². The molecule has 2 N–H and O–H groups in total. The molecule has 1 amide bonds. The number of aromatic amines is 1. The highest BCUT2D eigenvalue weighted by molar-refractivity contribution is 7.13. The Bertz CT molecular complexity index is 983. The number of H-pyrrole nitrogens is 1. The van der Waals surface area contributed by atoms with Crippen LogP contribution in [0.15, 0.2) is 34.4 Å². The lowest BCUT2D eigenvalue weighted by molar-refractivity contribution is -0.122. The molecule has 3 heterocycles. The van der Waals surface area contributed by atoms with Gasteiger partial charge in [-0.1, -0.05) is 25.3 Å². The molecule has 7 heteroatoms. The Morgan fingerprint density at radius 2 is 2.19 bits per heavy atom. The van der Waals surface area contributed by atoms with Crippen LogP contribution in [0.2, 0.25) is 0 Å². The summed E-state index contributed by atoms with van der Waals surface area (Å²) in [7, 11) is 0. The van der Waals surface area contributed by atoms with E-state index < -0.39 is 0 Å². The normalized spacial score (nSPS) is 16.5. The van der Waals surface area contributed by atoms with Gasteiger partial charge in [0.05, 0.1) is 22.3 Å². The highest BCUT2D eigenvalue weighted by Crippen LogP contribution is 2.27. The third-order valence-electron chi connectivity index (χ3n) is 5.28. The SMILES string of the molecule is C[C@H](NC(=O)CC1CCCCC1)c1cc(=O)n2[nH]c(-c3cccs3)cc2n1. The largest absolute Gasteiger partial charge is 0.348 e. The van der Waals surface area contributed by atoms with Crippen molar-refractivity contribution in [3.8, 4) is 10.6 Å². The van der Waals surface area contributed by atoms with E-state index >= 15 is 0 Å². The summed E-state index contributed by atoms with van der Waals surface area (Å²) in [5.74, 6) is 0.537. The number of fused-ring (bicyclic) bond motifs is 1. The predicted octanol–water partition coefficient (Wildman–Crippen LogP) is 3.90. The summed E-state index contributed by atoms with van der Waals surface area (Å²) in [6, 6.07) is 7.03. The number of aromatic nitrogens is 3. The van der Waals surface area contributed by atoms with Crippen LogP contribution in [-0.2, 0) is 4.79 Å². The van der Waals surface area contributed by atoms with Gasteiger partial charge in [0.15, 0.2) is 5.65 Å². The zero-order valence-corrected chi connectivity index (χ0v) is 16.2. The minimum Gasteiger partial charge on any atom is -0.348 e. The molecule has 0 saturated heterocycles. The standard InChI is InChI=1S/C20H24N4O2S/c1-13(21-19(25)10-14-6-3-2-4-7-14)15-12-20(26)24-18(22-15)11-16(23-24)17-8-5-9-27-17/h5,8-9,11-14,23H,2-4,6-7,10H2,1H3,(H,21,25)/t13-/m0/s1. The minimum absolute atomic E-state index is 0.0461. The molecule has 1 aliphatic carbocycles. The Morgan fingerprint density at radius 3 is 2.93 bits per heavy atom. The molecule has 1 atom stereocenters. The molecular formula is C20H24N4O2S. The number of hydrogen-bond donors (Lipinski definition) is 2. The van der Waals surface area contributed by atoms with Gasteiger partial charge >= 0.3 is 0 Å². The summed E-state index contributed by atoms with van der Waals surface area (Å²) in [6.45, 7) is 1.88. The van der Waals surface area contributed by atoms with Crippen LogP contribution in [0.25, 0.3) is 16.2 Å². The smallest absolute Gasteiger partial charge is 0.272 e. The number of rotatable bonds is 5. The number of nitrogens with zero attached hydrogens (tertiary/aromatic N) is 2. The van der Waals surface area contributed by atoms with Gasteiger partial charge in [-0.05, 0) is 37.1 Å². The average molecular weight is 385 g/mol. The fourth-order valence-electron chi connectivity index (χ4n) is 3.82. The predicted molar refractivity (Wildman–Crippen MR) is 107 cm³/mol. The molecule has 1 aliphatic rings. The molecule has 1 fully saturated rings. The van der Waals surface area contributed by atoms with Crippen LogP contribution in [0.4, 0.5) is 0 Å². The third kappa shape index (κ3) is 3.98. The second kappa shape index (κ2) is 7.68. The van der Waals surface area contributed by atoms with Crippen LogP contribution in [0, 0.1) is 5.92 Å². The van der Waals surface area contributed by atoms with Gasteiger partial charge in [0.2, 0.25) is 5.91 Å². The van der Waals surface area contributed by atoms with Crippen molar-refractivity contribution in [1.29, 1.82) is 0 Å². The molecule has 27 heavy (non-hydrogen) atoms. The van der Waals surface area contributed by atoms with Gasteiger partial charge in [0.25, 0.3) is 5.56 Å². The van der Waals surface area contributed by atoms with Crippen LogP contribution in [-0.4, -0.2) is 20.5 Å². The van der Waals surface area contributed by atoms with Crippen LogP contribution in [0.5, 0.6) is 0 Å². The molecular weight excluding hydrogens is 360 g/mol. The van der Waals surface area contributed by atoms with E-state index in [0.29, 0.717) is 23.7 Å². The molecule has 0 aromatic carbocycles. The topological polar surface area (TPSA) is 79.3 Å². The second-order valence-corrected chi connectivity index (χ2v) is 8.31. The molecule has 4 rings (SSSR count). The van der Waals surface area contributed by atoms with Gasteiger partial charge in [0, 0.05) is 18.6 Å². The first-order valence-electron chi connectivity index (χ1n) is 9.56. The van der Waals surface area contributed by atoms with Crippen LogP contribution in [0.3, 0.4) is 0 Å². The fraction of sp³-hybridized carbons (Fsp3) is 0.450. The average Bonchev–Trinajstić information content (AvgIpc) is 3.32. The number of amides is 1. The zero-order chi connectivity index (χ0) is 18.8. The van der Waals surface area contributed by atoms with Crippen molar-refractivity contribution in [2.75, 3.05) is 0 Å². The summed E-state index contributed by atoms with van der Waals surface area (Å²) in [4.78, 5) is 30.5. The Kier molecular flexibility index (Phi) is 5.11. The van der Waals surface area contributed by atoms with Crippen molar-refractivity contribution in [3.05, 3.63) is 45.7 Å². The van der Waals surface area contributed by atoms with E-state index in [1.165, 1.54) is 29.8 Å². The zero-order valence-electron chi connectivity index (χ0n) is 15.4. The minimum atomic E-state index is -0.293. The van der Waals surface area contributed by atoms with Gasteiger partial charge < -0.3 is 5.32 Å². The van der Waals surface area contributed by atoms with E-state index in [4.69, 9.17) is 0 Å². The lowest BCUT2D eigenvalue weighted by Gasteiger charge is -2.22. The highest BCUT2D eigenvalue weighted by atomic mass is 32.1. The number of nitrogens with one attached hydrogen (secondary N) is 2. The molecule has 0 unspecified atom stereocenters. The molecule has 3 aromatic heterocycles. The van der Waals surface area contributed by atoms with Crippen molar-refractivity contribution in [1.82, 2.24) is 19.9 Å². The Hall–Kier alpha value is -2.41. The van der Waals surface area contributed by atoms with Crippen molar-refractivity contribution in [2.45, 2.75) is 51.5 Å². The molecule has 3 aromatic rings. The monoisotopic (exact) mass is 384 g/mol. The van der Waals surface area contributed by atoms with Gasteiger partial charge in [-0.2, -0.15) is 0 Å². The van der Waals surface area contributed by atoms with E-state index in [1.54, 1.807) is 11.3 Å². The van der Waals surface area contributed by atoms with Gasteiger partial charge in [-0.3, -0.25) is 14.7 Å². The van der Waals surface area contributed by atoms with Gasteiger partial charge in [-0.15, -0.1) is 11.3 Å². The maximum Gasteiger partial charge on any atom is 0.272 e. The summed E-state index contributed by atoms with van der Waals surface area (Å²) in [5, 5.41) is 8.10. The molecule has 6 nitrogen and oxygen atoms in total. The molecule has 0 bridgehead atoms. The first kappa shape index (κ1) is 18.0. The second-order valence-electron chi connectivity index (χ2n) is 7.36. The quantitative estimate of drug-likeness (QED) is 0.700. The fourth-order valence-corrected chi connectivity index (χ4v) is 4.51. The Morgan fingerprint density at radius 1 is 1.37 bits per heavy atom. The summed E-state index contributed by atoms with van der Waals surface area (Å²) in [5.41, 5.74) is 1.84. The third-order valence-corrected chi connectivity index (χ3v) is 6.18. The van der Waals surface area contributed by atoms with E-state index in [9.17, 15) is 9.59 Å². The summed E-state index contributed by atoms with van der Waals surface area (Å²) in [6.07, 6.45) is 6.58. The highest BCUT2D eigenvalue weighted by Gasteiger charge is 2.19. The maximum atomic E-state index is 12.5. The van der Waals surface area contributed by atoms with E-state index in [0.717, 1.165) is 23.4 Å². The van der Waals surface area contributed by atoms with Crippen molar-refractivity contribution in [3.63, 3.8) is 0 Å². The number of thiophene rings is 1. The van der Waals surface area contributed by atoms with Crippen molar-refractivity contribution in [2.24, 2.45) is 5.92 Å². The molecule has 0 aliphatic heterocycles. The van der Waals surface area contributed by atoms with Crippen molar-refractivity contribution >= 4 is 22.9 Å². The molecule has 1 saturated carbocycles. The van der Waals surface area contributed by atoms with E-state index in [1.807, 2.05) is 30.5 Å². The van der Waals surface area contributed by atoms with Gasteiger partial charge in [-0.25, -0.2) is 9.50 Å². The van der Waals surface area contributed by atoms with E-state index in [2.05, 4.69) is 15.4 Å². The van der Waals surface area contributed by atoms with Crippen molar-refractivity contribution < 1.29 is 4.79 Å². The summed E-state index contributed by atoms with van der Waals surface area (Å²) >= 11 is 1.60. The Balaban J connectivity index is 1.50.